The van der Waals surface area contributed by atoms with E-state index in [9.17, 15) is 77.2 Å². The third-order valence-corrected chi connectivity index (χ3v) is 24.6. The molecule has 44 nitrogen and oxygen atoms in total. The van der Waals surface area contributed by atoms with Crippen molar-refractivity contribution < 1.29 is 116 Å². The lowest BCUT2D eigenvalue weighted by molar-refractivity contribution is -0.149. The summed E-state index contributed by atoms with van der Waals surface area (Å²) in [6.07, 6.45) is -3.15. The second-order valence-corrected chi connectivity index (χ2v) is 35.4. The Bertz CT molecular complexity index is 5260. The fourth-order valence-electron chi connectivity index (χ4n) is 17.6. The van der Waals surface area contributed by atoms with Gasteiger partial charge in [0.15, 0.2) is 0 Å². The summed E-state index contributed by atoms with van der Waals surface area (Å²) >= 11 is 0. The molecule has 9 rings (SSSR count). The predicted octanol–water partition coefficient (Wildman–Crippen LogP) is -3.27. The van der Waals surface area contributed by atoms with E-state index in [4.69, 9.17) is 22.9 Å². The summed E-state index contributed by atoms with van der Waals surface area (Å²) in [5.74, 6) is -23.3. The van der Waals surface area contributed by atoms with E-state index in [2.05, 4.69) is 58.2 Å². The molecule has 4 saturated heterocycles. The highest BCUT2D eigenvalue weighted by Gasteiger charge is 2.48. The molecule has 136 heavy (non-hydrogen) atoms. The number of H-pyrrole nitrogens is 1. The molecule has 4 aliphatic rings. The van der Waals surface area contributed by atoms with Crippen LogP contribution < -0.4 is 76.1 Å². The maximum absolute atomic E-state index is 15.9. The normalized spacial score (nSPS) is 25.2. The number of nitrogens with one attached hydrogen (secondary N) is 11. The first-order chi connectivity index (χ1) is 64.6. The van der Waals surface area contributed by atoms with Gasteiger partial charge in [-0.25, -0.2) is 4.39 Å². The van der Waals surface area contributed by atoms with E-state index in [1.54, 1.807) is 69.3 Å². The van der Waals surface area contributed by atoms with E-state index in [0.717, 1.165) is 36.6 Å². The largest absolute Gasteiger partial charge is 0.481 e. The van der Waals surface area contributed by atoms with Gasteiger partial charge in [-0.2, -0.15) is 0 Å². The number of carboxylic acids is 2. The Hall–Kier alpha value is -14.0. The molecule has 3 aromatic carbocycles. The quantitative estimate of drug-likeness (QED) is 0.0258. The van der Waals surface area contributed by atoms with Crippen LogP contribution in [0.4, 0.5) is 4.39 Å². The van der Waals surface area contributed by atoms with E-state index in [0.29, 0.717) is 65.0 Å². The predicted molar refractivity (Wildman–Crippen MR) is 485 cm³/mol. The van der Waals surface area contributed by atoms with Gasteiger partial charge in [-0.15, -0.1) is 0 Å². The molecule has 0 spiro atoms. The van der Waals surface area contributed by atoms with Crippen molar-refractivity contribution in [3.8, 4) is 0 Å². The van der Waals surface area contributed by atoms with Gasteiger partial charge < -0.3 is 125 Å². The van der Waals surface area contributed by atoms with Gasteiger partial charge >= 0.3 is 11.9 Å². The minimum atomic E-state index is -2.18. The summed E-state index contributed by atoms with van der Waals surface area (Å²) < 4.78 is 15.8. The van der Waals surface area contributed by atoms with Gasteiger partial charge in [-0.1, -0.05) is 102 Å². The van der Waals surface area contributed by atoms with Crippen molar-refractivity contribution in [1.29, 1.82) is 0 Å². The zero-order chi connectivity index (χ0) is 99.6. The molecule has 18 amide bonds. The fraction of sp³-hybridized carbons (Fsp3) is 0.538. The number of aromatic amines is 1. The first kappa shape index (κ1) is 106. The van der Waals surface area contributed by atoms with Crippen LogP contribution in [0.1, 0.15) is 160 Å². The van der Waals surface area contributed by atoms with Crippen molar-refractivity contribution in [1.82, 2.24) is 87.2 Å². The number of fused-ring (bicyclic) bond motifs is 5. The topological polar surface area (TPSA) is 663 Å². The van der Waals surface area contributed by atoms with E-state index in [-0.39, 0.29) is 75.9 Å². The molecule has 0 saturated carbocycles. The molecule has 5 aromatic rings. The second kappa shape index (κ2) is 49.3. The van der Waals surface area contributed by atoms with Crippen LogP contribution in [0, 0.1) is 11.7 Å². The standard InChI is InChI=1S/C91H124FN21O23/c1-7-9-21-67-83(128)102-58(34-48(3)4)80(125)107-65(78(96)123)43-97-44-75(118)99-61(35-49-26-28-52(92)29-27-49)88(133)111-32-16-15-24-68(111)85(130)106-63(40-74(95)117)89(134)112-33-17-25-69(112)84(129)100-57(30-31-72(93)115)79(124)105-64(41-76(119)120)90(135)113-46-53(114)38-71(113)86(131)103-59(36-50-42-98-56-20-13-11-18-54(50)56)81(126)101-60(39-73(94)116)82(127)104-62(87(132)109(6)70(22-10-8-2)91(136)108(67)5)37-51-45-110(47-77(121)122)66-23-14-12-19-55(51)66/h11-14,18-20,23,26-29,42,45,48,53,57-65,67-71,97-98,114H,7-10,15-17,21-22,24-25,30-41,43-44,46-47H2,1-6H3,(H2,93,115)(H2,94,116)(H2,95,117)(H2,96,123)(H,99,118)(H,100,129)(H,101,126)(H,102,128)(H,103,131)(H,104,127)(H,105,124)(H,106,130)(H,107,125)(H,119,120)(H,121,122)/t53-,57+,58+,59+,60+,61+,62+,63+,64+,65+,67+,68+,69+,70+,71+/m1/s1. The molecule has 738 valence electrons. The number of halogens is 1. The molecule has 0 bridgehead atoms. The smallest absolute Gasteiger partial charge is 0.323 e. The summed E-state index contributed by atoms with van der Waals surface area (Å²) in [5, 5.41) is 58.4. The number of amides is 18. The van der Waals surface area contributed by atoms with Crippen LogP contribution >= 0.6 is 0 Å². The zero-order valence-electron chi connectivity index (χ0n) is 76.8. The minimum absolute atomic E-state index is 0.0264. The molecule has 22 N–H and O–H groups in total. The van der Waals surface area contributed by atoms with Crippen molar-refractivity contribution in [2.45, 2.75) is 260 Å². The third-order valence-electron chi connectivity index (χ3n) is 24.6. The van der Waals surface area contributed by atoms with Crippen LogP contribution in [-0.2, 0) is 122 Å². The molecule has 0 radical (unpaired) electrons. The number of hydrogen-bond acceptors (Lipinski definition) is 22. The third kappa shape index (κ3) is 28.8. The number of carbonyl (C=O) groups excluding carboxylic acids is 18. The Morgan fingerprint density at radius 2 is 1.00 bits per heavy atom. The summed E-state index contributed by atoms with van der Waals surface area (Å²) in [6, 6.07) is -5.81. The lowest BCUT2D eigenvalue weighted by atomic mass is 9.97. The number of hydrogen-bond donors (Lipinski definition) is 18. The first-order valence-corrected chi connectivity index (χ1v) is 45.6. The molecule has 45 heteroatoms. The number of carbonyl (C=O) groups is 20. The molecule has 6 heterocycles. The average molecular weight is 1900 g/mol. The van der Waals surface area contributed by atoms with Gasteiger partial charge in [0.1, 0.15) is 96.9 Å². The van der Waals surface area contributed by atoms with E-state index in [1.807, 2.05) is 6.92 Å². The number of carboxylic acid groups (broad SMARTS) is 2. The highest BCUT2D eigenvalue weighted by atomic mass is 19.1. The van der Waals surface area contributed by atoms with Crippen LogP contribution in [0.15, 0.2) is 85.2 Å². The highest BCUT2D eigenvalue weighted by molar-refractivity contribution is 6.03. The lowest BCUT2D eigenvalue weighted by Crippen LogP contribution is -2.62. The monoisotopic (exact) mass is 1900 g/mol. The lowest BCUT2D eigenvalue weighted by Gasteiger charge is -2.38. The Morgan fingerprint density at radius 1 is 0.485 bits per heavy atom. The van der Waals surface area contributed by atoms with Crippen molar-refractivity contribution >= 4 is 140 Å². The second-order valence-electron chi connectivity index (χ2n) is 35.4. The highest BCUT2D eigenvalue weighted by Crippen LogP contribution is 2.30. The van der Waals surface area contributed by atoms with Gasteiger partial charge in [-0.3, -0.25) is 95.9 Å². The van der Waals surface area contributed by atoms with Crippen molar-refractivity contribution in [2.24, 2.45) is 28.9 Å². The van der Waals surface area contributed by atoms with Crippen LogP contribution in [-0.4, -0.2) is 305 Å². The maximum Gasteiger partial charge on any atom is 0.323 e. The summed E-state index contributed by atoms with van der Waals surface area (Å²) in [4.78, 5) is 296. The Kier molecular flexibility index (Phi) is 38.3. The molecule has 15 atom stereocenters. The number of aliphatic hydroxyl groups excluding tert-OH is 1. The average Bonchev–Trinajstić information content (AvgIpc) is 1.64. The van der Waals surface area contributed by atoms with E-state index >= 15 is 38.4 Å². The van der Waals surface area contributed by atoms with Crippen molar-refractivity contribution in [3.05, 3.63) is 108 Å². The Balaban J connectivity index is 1.12. The molecule has 4 fully saturated rings. The molecular weight excluding hydrogens is 1770 g/mol. The number of aliphatic hydroxyl groups is 1. The first-order valence-electron chi connectivity index (χ1n) is 45.6. The number of piperidine rings is 1. The van der Waals surface area contributed by atoms with Crippen molar-refractivity contribution in [3.63, 3.8) is 0 Å². The molecular formula is C91H124FN21O23. The molecule has 2 aromatic heterocycles. The van der Waals surface area contributed by atoms with E-state index in [1.165, 1.54) is 43.2 Å². The number of benzene rings is 3. The number of nitrogens with two attached hydrogens (primary N) is 4. The number of primary amides is 4. The summed E-state index contributed by atoms with van der Waals surface area (Å²) in [6.45, 7) is 4.21. The number of aromatic nitrogens is 2. The maximum atomic E-state index is 15.9. The SMILES string of the molecule is CCCC[C@H]1C(=O)N(C)[C@@H](CCCC)C(=O)N[C@@H](CC(C)C)C(=O)N[C@H](C(N)=O)CNCC(=O)N[C@@H](Cc2ccc(F)cc2)C(=O)N2CCCC[C@H]2C(=O)N[C@@H](CC(N)=O)C(=O)N2CCC[C@H]2C(=O)N[C@@H](CCC(N)=O)C(=O)N[C@@H](CC(=O)O)C(=O)N2C[C@H](O)C[C@H]2C(=O)N[C@@H](Cc2c[nH]c3ccccc23)C(=O)N[C@@H](CC(N)=O)C(=O)N[C@@H](Cc2cn(CC(=O)O)c3ccccc23)C(=O)N1C. The molecule has 0 aliphatic carbocycles. The van der Waals surface area contributed by atoms with E-state index < -0.39 is 292 Å². The Labute approximate surface area is 782 Å². The van der Waals surface area contributed by atoms with Gasteiger partial charge in [0.25, 0.3) is 0 Å². The van der Waals surface area contributed by atoms with Crippen LogP contribution in [0.5, 0.6) is 0 Å². The number of para-hydroxylation sites is 2. The van der Waals surface area contributed by atoms with Crippen LogP contribution in [0.3, 0.4) is 0 Å². The summed E-state index contributed by atoms with van der Waals surface area (Å²) in [5.41, 5.74) is 24.9. The number of unbranched alkanes of at least 4 members (excludes halogenated alkanes) is 2. The van der Waals surface area contributed by atoms with Gasteiger partial charge in [0.05, 0.1) is 31.9 Å². The minimum Gasteiger partial charge on any atom is -0.481 e. The molecule has 0 unspecified atom stereocenters. The van der Waals surface area contributed by atoms with Gasteiger partial charge in [0.2, 0.25) is 106 Å². The molecule has 4 aliphatic heterocycles. The van der Waals surface area contributed by atoms with Crippen molar-refractivity contribution in [2.75, 3.05) is 46.8 Å². The van der Waals surface area contributed by atoms with Crippen LogP contribution in [0.2, 0.25) is 0 Å². The van der Waals surface area contributed by atoms with Gasteiger partial charge in [0, 0.05) is 107 Å². The fourth-order valence-corrected chi connectivity index (χ4v) is 17.6. The number of nitrogens with zero attached hydrogens (tertiary/aromatic N) is 6. The Morgan fingerprint density at radius 3 is 1.63 bits per heavy atom. The number of aliphatic carboxylic acids is 2. The van der Waals surface area contributed by atoms with Gasteiger partial charge in [-0.05, 0) is 105 Å². The zero-order valence-corrected chi connectivity index (χ0v) is 76.8. The van der Waals surface area contributed by atoms with Crippen LogP contribution in [0.25, 0.3) is 21.8 Å². The number of likely N-dealkylation sites (N-methyl/N-ethyl adjacent to an activating group) is 2. The number of rotatable bonds is 26. The summed E-state index contributed by atoms with van der Waals surface area (Å²) in [7, 11) is 2.58.